The summed E-state index contributed by atoms with van der Waals surface area (Å²) in [5.41, 5.74) is 1.14. The molecule has 0 aliphatic carbocycles. The molecule has 0 aliphatic heterocycles. The van der Waals surface area contributed by atoms with Gasteiger partial charge in [0.05, 0.1) is 0 Å². The van der Waals surface area contributed by atoms with E-state index in [1.54, 1.807) is 0 Å². The molecule has 0 saturated heterocycles. The van der Waals surface area contributed by atoms with Crippen LogP contribution in [-0.4, -0.2) is 37.1 Å². The molecule has 2 aromatic rings. The van der Waals surface area contributed by atoms with E-state index in [4.69, 9.17) is 4.74 Å². The largest absolute Gasteiger partial charge is 0.473 e. The molecular formula is C16H21N3O. The Bertz CT molecular complexity index is 514. The lowest BCUT2D eigenvalue weighted by Gasteiger charge is -2.11. The summed E-state index contributed by atoms with van der Waals surface area (Å²) in [5.74, 6) is 1.49. The zero-order valence-corrected chi connectivity index (χ0v) is 12.0. The van der Waals surface area contributed by atoms with Gasteiger partial charge >= 0.3 is 0 Å². The van der Waals surface area contributed by atoms with Gasteiger partial charge in [-0.15, -0.1) is 0 Å². The van der Waals surface area contributed by atoms with Crippen molar-refractivity contribution < 1.29 is 4.74 Å². The van der Waals surface area contributed by atoms with Crippen molar-refractivity contribution in [1.82, 2.24) is 9.88 Å². The van der Waals surface area contributed by atoms with Crippen molar-refractivity contribution in [3.05, 3.63) is 54.1 Å². The Morgan fingerprint density at radius 3 is 2.60 bits per heavy atom. The Morgan fingerprint density at radius 1 is 1.05 bits per heavy atom. The minimum Gasteiger partial charge on any atom is -0.473 e. The first-order chi connectivity index (χ1) is 9.74. The number of rotatable bonds is 7. The predicted molar refractivity (Wildman–Crippen MR) is 82.1 cm³/mol. The number of pyridine rings is 1. The highest BCUT2D eigenvalue weighted by Gasteiger charge is 1.99. The van der Waals surface area contributed by atoms with Crippen molar-refractivity contribution in [2.75, 3.05) is 32.5 Å². The number of hydrogen-bond donors (Lipinski definition) is 1. The number of nitrogens with zero attached hydrogens (tertiary/aromatic N) is 2. The summed E-state index contributed by atoms with van der Waals surface area (Å²) in [6.45, 7) is 2.37. The van der Waals surface area contributed by atoms with Gasteiger partial charge in [-0.1, -0.05) is 36.4 Å². The summed E-state index contributed by atoms with van der Waals surface area (Å²) >= 11 is 0. The maximum Gasteiger partial charge on any atom is 0.215 e. The van der Waals surface area contributed by atoms with Gasteiger partial charge in [-0.25, -0.2) is 0 Å². The summed E-state index contributed by atoms with van der Waals surface area (Å²) in [5, 5.41) is 3.28. The molecule has 1 N–H and O–H groups in total. The highest BCUT2D eigenvalue weighted by atomic mass is 16.5. The van der Waals surface area contributed by atoms with E-state index >= 15 is 0 Å². The van der Waals surface area contributed by atoms with Crippen LogP contribution >= 0.6 is 0 Å². The Balaban J connectivity index is 1.86. The molecule has 2 rings (SSSR count). The van der Waals surface area contributed by atoms with E-state index in [0.29, 0.717) is 12.5 Å². The van der Waals surface area contributed by atoms with E-state index < -0.39 is 0 Å². The highest BCUT2D eigenvalue weighted by molar-refractivity contribution is 5.37. The molecule has 0 bridgehead atoms. The fourth-order valence-electron chi connectivity index (χ4n) is 1.73. The molecule has 1 heterocycles. The molecule has 1 aromatic heterocycles. The molecule has 0 saturated carbocycles. The second-order valence-corrected chi connectivity index (χ2v) is 4.87. The Labute approximate surface area is 120 Å². The van der Waals surface area contributed by atoms with Crippen LogP contribution < -0.4 is 10.1 Å². The zero-order valence-electron chi connectivity index (χ0n) is 12.0. The lowest BCUT2D eigenvalue weighted by Crippen LogP contribution is -2.21. The molecule has 0 amide bonds. The number of nitrogens with one attached hydrogen (secondary N) is 1. The Hall–Kier alpha value is -2.07. The molecule has 1 aromatic carbocycles. The first-order valence-corrected chi connectivity index (χ1v) is 6.76. The summed E-state index contributed by atoms with van der Waals surface area (Å²) < 4.78 is 5.70. The maximum atomic E-state index is 5.70. The summed E-state index contributed by atoms with van der Waals surface area (Å²) in [7, 11) is 4.10. The summed E-state index contributed by atoms with van der Waals surface area (Å²) in [6.07, 6.45) is 0. The van der Waals surface area contributed by atoms with Crippen LogP contribution in [0.4, 0.5) is 5.82 Å². The van der Waals surface area contributed by atoms with E-state index in [1.807, 2.05) is 48.5 Å². The minimum atomic E-state index is 0.537. The van der Waals surface area contributed by atoms with E-state index in [0.717, 1.165) is 24.5 Å². The third kappa shape index (κ3) is 4.90. The quantitative estimate of drug-likeness (QED) is 0.840. The third-order valence-corrected chi connectivity index (χ3v) is 2.82. The summed E-state index contributed by atoms with van der Waals surface area (Å²) in [6, 6.07) is 15.9. The molecule has 20 heavy (non-hydrogen) atoms. The first kappa shape index (κ1) is 14.3. The van der Waals surface area contributed by atoms with Gasteiger partial charge < -0.3 is 15.0 Å². The molecule has 0 spiro atoms. The van der Waals surface area contributed by atoms with Gasteiger partial charge in [-0.3, -0.25) is 0 Å². The van der Waals surface area contributed by atoms with Crippen LogP contribution in [0.3, 0.4) is 0 Å². The average molecular weight is 271 g/mol. The number of anilines is 1. The zero-order chi connectivity index (χ0) is 14.2. The minimum absolute atomic E-state index is 0.537. The molecule has 0 radical (unpaired) electrons. The average Bonchev–Trinajstić information content (AvgIpc) is 2.46. The predicted octanol–water partition coefficient (Wildman–Crippen LogP) is 2.63. The van der Waals surface area contributed by atoms with E-state index in [-0.39, 0.29) is 0 Å². The fourth-order valence-corrected chi connectivity index (χ4v) is 1.73. The van der Waals surface area contributed by atoms with Crippen molar-refractivity contribution in [2.24, 2.45) is 0 Å². The number of benzene rings is 1. The van der Waals surface area contributed by atoms with Gasteiger partial charge in [-0.2, -0.15) is 4.98 Å². The number of aromatic nitrogens is 1. The van der Waals surface area contributed by atoms with Crippen molar-refractivity contribution in [3.8, 4) is 5.88 Å². The normalized spacial score (nSPS) is 10.6. The number of ether oxygens (including phenoxy) is 1. The maximum absolute atomic E-state index is 5.70. The van der Waals surface area contributed by atoms with E-state index in [1.165, 1.54) is 0 Å². The lowest BCUT2D eigenvalue weighted by molar-refractivity contribution is 0.294. The SMILES string of the molecule is CN(C)CCNc1cccc(OCc2ccccc2)n1. The van der Waals surface area contributed by atoms with Crippen LogP contribution in [0.1, 0.15) is 5.56 Å². The van der Waals surface area contributed by atoms with Crippen LogP contribution in [0, 0.1) is 0 Å². The fraction of sp³-hybridized carbons (Fsp3) is 0.312. The summed E-state index contributed by atoms with van der Waals surface area (Å²) in [4.78, 5) is 6.56. The van der Waals surface area contributed by atoms with Crippen LogP contribution in [-0.2, 0) is 6.61 Å². The monoisotopic (exact) mass is 271 g/mol. The lowest BCUT2D eigenvalue weighted by atomic mass is 10.2. The van der Waals surface area contributed by atoms with Crippen LogP contribution in [0.15, 0.2) is 48.5 Å². The molecule has 4 heteroatoms. The highest BCUT2D eigenvalue weighted by Crippen LogP contribution is 2.13. The van der Waals surface area contributed by atoms with E-state index in [9.17, 15) is 0 Å². The third-order valence-electron chi connectivity index (χ3n) is 2.82. The van der Waals surface area contributed by atoms with Gasteiger partial charge in [0.25, 0.3) is 0 Å². The van der Waals surface area contributed by atoms with Crippen molar-refractivity contribution in [2.45, 2.75) is 6.61 Å². The van der Waals surface area contributed by atoms with Gasteiger partial charge in [0.2, 0.25) is 5.88 Å². The van der Waals surface area contributed by atoms with Gasteiger partial charge in [0, 0.05) is 19.2 Å². The van der Waals surface area contributed by atoms with Gasteiger partial charge in [-0.05, 0) is 25.7 Å². The molecule has 0 aliphatic rings. The van der Waals surface area contributed by atoms with Crippen molar-refractivity contribution in [1.29, 1.82) is 0 Å². The van der Waals surface area contributed by atoms with Crippen LogP contribution in [0.2, 0.25) is 0 Å². The Morgan fingerprint density at radius 2 is 1.85 bits per heavy atom. The van der Waals surface area contributed by atoms with Crippen molar-refractivity contribution in [3.63, 3.8) is 0 Å². The molecule has 4 nitrogen and oxygen atoms in total. The second kappa shape index (κ2) is 7.50. The topological polar surface area (TPSA) is 37.4 Å². The van der Waals surface area contributed by atoms with Gasteiger partial charge in [0.1, 0.15) is 12.4 Å². The van der Waals surface area contributed by atoms with Crippen LogP contribution in [0.5, 0.6) is 5.88 Å². The molecule has 0 unspecified atom stereocenters. The van der Waals surface area contributed by atoms with Gasteiger partial charge in [0.15, 0.2) is 0 Å². The molecule has 0 fully saturated rings. The van der Waals surface area contributed by atoms with Crippen LogP contribution in [0.25, 0.3) is 0 Å². The molecule has 0 atom stereocenters. The van der Waals surface area contributed by atoms with Crippen molar-refractivity contribution >= 4 is 5.82 Å². The second-order valence-electron chi connectivity index (χ2n) is 4.87. The molecule has 106 valence electrons. The first-order valence-electron chi connectivity index (χ1n) is 6.76. The molecular weight excluding hydrogens is 250 g/mol. The number of likely N-dealkylation sites (N-methyl/N-ethyl adjacent to an activating group) is 1. The van der Waals surface area contributed by atoms with E-state index in [2.05, 4.69) is 29.3 Å². The standard InChI is InChI=1S/C16H21N3O/c1-19(2)12-11-17-15-9-6-10-16(18-15)20-13-14-7-4-3-5-8-14/h3-10H,11-13H2,1-2H3,(H,17,18). The Kier molecular flexibility index (Phi) is 5.38. The number of hydrogen-bond acceptors (Lipinski definition) is 4. The smallest absolute Gasteiger partial charge is 0.215 e.